The highest BCUT2D eigenvalue weighted by Gasteiger charge is 2.27. The summed E-state index contributed by atoms with van der Waals surface area (Å²) in [5.74, 6) is -0.145. The Morgan fingerprint density at radius 3 is 2.47 bits per heavy atom. The summed E-state index contributed by atoms with van der Waals surface area (Å²) in [4.78, 5) is 27.3. The zero-order valence-electron chi connectivity index (χ0n) is 17.7. The molecular formula is C23H28Cl2N2O3. The van der Waals surface area contributed by atoms with E-state index in [1.807, 2.05) is 45.0 Å². The minimum Gasteiger partial charge on any atom is -0.482 e. The number of carbonyl (C=O) groups excluding carboxylic acids is 2. The van der Waals surface area contributed by atoms with Crippen molar-refractivity contribution in [2.75, 3.05) is 6.61 Å². The summed E-state index contributed by atoms with van der Waals surface area (Å²) >= 11 is 12.0. The monoisotopic (exact) mass is 450 g/mol. The molecule has 2 amide bonds. The molecule has 0 radical (unpaired) electrons. The van der Waals surface area contributed by atoms with Crippen LogP contribution in [0.25, 0.3) is 0 Å². The first kappa shape index (κ1) is 24.0. The van der Waals surface area contributed by atoms with Crippen molar-refractivity contribution in [3.8, 4) is 5.75 Å². The maximum Gasteiger partial charge on any atom is 0.261 e. The molecule has 0 heterocycles. The van der Waals surface area contributed by atoms with Crippen molar-refractivity contribution in [1.29, 1.82) is 0 Å². The molecule has 7 heteroatoms. The molecule has 2 atom stereocenters. The summed E-state index contributed by atoms with van der Waals surface area (Å²) in [5.41, 5.74) is 2.02. The van der Waals surface area contributed by atoms with Gasteiger partial charge in [-0.15, -0.1) is 0 Å². The topological polar surface area (TPSA) is 58.6 Å². The van der Waals surface area contributed by atoms with Crippen LogP contribution in [0, 0.1) is 6.92 Å². The lowest BCUT2D eigenvalue weighted by molar-refractivity contribution is -0.142. The zero-order valence-corrected chi connectivity index (χ0v) is 19.3. The molecule has 2 aromatic rings. The Morgan fingerprint density at radius 1 is 1.13 bits per heavy atom. The highest BCUT2D eigenvalue weighted by atomic mass is 35.5. The Bertz CT molecular complexity index is 889. The largest absolute Gasteiger partial charge is 0.482 e. The summed E-state index contributed by atoms with van der Waals surface area (Å²) in [7, 11) is 0. The van der Waals surface area contributed by atoms with Gasteiger partial charge in [-0.05, 0) is 56.5 Å². The fourth-order valence-electron chi connectivity index (χ4n) is 2.83. The van der Waals surface area contributed by atoms with E-state index in [9.17, 15) is 9.59 Å². The van der Waals surface area contributed by atoms with Crippen LogP contribution in [0.5, 0.6) is 5.75 Å². The van der Waals surface area contributed by atoms with Crippen molar-refractivity contribution in [2.45, 2.75) is 52.7 Å². The average molecular weight is 451 g/mol. The maximum atomic E-state index is 13.1. The summed E-state index contributed by atoms with van der Waals surface area (Å²) < 4.78 is 5.62. The summed E-state index contributed by atoms with van der Waals surface area (Å²) in [5, 5.41) is 3.75. The number of carbonyl (C=O) groups is 2. The number of nitrogens with zero attached hydrogens (tertiary/aromatic N) is 1. The molecule has 0 unspecified atom stereocenters. The second-order valence-corrected chi connectivity index (χ2v) is 8.15. The van der Waals surface area contributed by atoms with Gasteiger partial charge in [-0.2, -0.15) is 0 Å². The van der Waals surface area contributed by atoms with Gasteiger partial charge >= 0.3 is 0 Å². The predicted octanol–water partition coefficient (Wildman–Crippen LogP) is 5.01. The number of hydrogen-bond acceptors (Lipinski definition) is 3. The molecule has 0 spiro atoms. The number of hydrogen-bond donors (Lipinski definition) is 1. The highest BCUT2D eigenvalue weighted by molar-refractivity contribution is 6.35. The minimum absolute atomic E-state index is 0.0273. The molecule has 1 N–H and O–H groups in total. The van der Waals surface area contributed by atoms with E-state index in [1.165, 1.54) is 4.90 Å². The van der Waals surface area contributed by atoms with Crippen LogP contribution in [0.4, 0.5) is 0 Å². The van der Waals surface area contributed by atoms with Gasteiger partial charge in [0.1, 0.15) is 11.8 Å². The summed E-state index contributed by atoms with van der Waals surface area (Å²) in [6.07, 6.45) is 0.808. The third-order valence-electron chi connectivity index (χ3n) is 5.02. The molecule has 0 saturated heterocycles. The van der Waals surface area contributed by atoms with Gasteiger partial charge in [0.2, 0.25) is 5.91 Å². The van der Waals surface area contributed by atoms with Crippen LogP contribution in [0.1, 0.15) is 38.3 Å². The van der Waals surface area contributed by atoms with Crippen molar-refractivity contribution in [2.24, 2.45) is 0 Å². The van der Waals surface area contributed by atoms with E-state index in [4.69, 9.17) is 27.9 Å². The van der Waals surface area contributed by atoms with Gasteiger partial charge < -0.3 is 15.0 Å². The first-order chi connectivity index (χ1) is 14.2. The smallest absolute Gasteiger partial charge is 0.261 e. The van der Waals surface area contributed by atoms with Crippen molar-refractivity contribution in [3.63, 3.8) is 0 Å². The zero-order chi connectivity index (χ0) is 22.3. The average Bonchev–Trinajstić information content (AvgIpc) is 2.71. The van der Waals surface area contributed by atoms with E-state index in [-0.39, 0.29) is 24.5 Å². The molecule has 0 aliphatic rings. The van der Waals surface area contributed by atoms with Crippen LogP contribution < -0.4 is 10.1 Å². The van der Waals surface area contributed by atoms with Gasteiger partial charge in [0.15, 0.2) is 6.61 Å². The molecule has 0 aliphatic carbocycles. The lowest BCUT2D eigenvalue weighted by Crippen LogP contribution is -2.50. The van der Waals surface area contributed by atoms with Gasteiger partial charge in [0.05, 0.1) is 5.02 Å². The first-order valence-corrected chi connectivity index (χ1v) is 10.7. The number of rotatable bonds is 9. The molecule has 162 valence electrons. The molecule has 2 aromatic carbocycles. The van der Waals surface area contributed by atoms with E-state index in [2.05, 4.69) is 5.32 Å². The van der Waals surface area contributed by atoms with E-state index in [0.29, 0.717) is 22.3 Å². The summed E-state index contributed by atoms with van der Waals surface area (Å²) in [6.45, 7) is 7.70. The maximum absolute atomic E-state index is 13.1. The normalized spacial score (nSPS) is 12.7. The van der Waals surface area contributed by atoms with Crippen LogP contribution in [-0.2, 0) is 16.1 Å². The fourth-order valence-corrected chi connectivity index (χ4v) is 3.30. The molecule has 0 bridgehead atoms. The minimum atomic E-state index is -0.657. The van der Waals surface area contributed by atoms with Gasteiger partial charge in [-0.1, -0.05) is 54.4 Å². The first-order valence-electron chi connectivity index (χ1n) is 9.95. The molecule has 0 saturated carbocycles. The van der Waals surface area contributed by atoms with Gasteiger partial charge in [-0.3, -0.25) is 9.59 Å². The van der Waals surface area contributed by atoms with Crippen molar-refractivity contribution >= 4 is 35.0 Å². The third-order valence-corrected chi connectivity index (χ3v) is 5.55. The van der Waals surface area contributed by atoms with E-state index in [0.717, 1.165) is 17.5 Å². The number of benzene rings is 2. The van der Waals surface area contributed by atoms with E-state index in [1.54, 1.807) is 25.1 Å². The van der Waals surface area contributed by atoms with Crippen LogP contribution in [0.3, 0.4) is 0 Å². The standard InChI is InChI=1S/C23H28Cl2N2O3/c1-5-16(3)26-23(29)17(4)27(13-18-9-7-6-8-15(18)2)22(28)14-30-21-11-10-19(24)12-20(21)25/h6-12,16-17H,5,13-14H2,1-4H3,(H,26,29)/t16-,17-/m1/s1. The van der Waals surface area contributed by atoms with E-state index >= 15 is 0 Å². The SMILES string of the molecule is CC[C@@H](C)NC(=O)[C@@H](C)N(Cc1ccccc1C)C(=O)COc1ccc(Cl)cc1Cl. The lowest BCUT2D eigenvalue weighted by atomic mass is 10.1. The molecule has 2 rings (SSSR count). The predicted molar refractivity (Wildman–Crippen MR) is 121 cm³/mol. The van der Waals surface area contributed by atoms with Crippen LogP contribution >= 0.6 is 23.2 Å². The Kier molecular flexibility index (Phi) is 9.00. The summed E-state index contributed by atoms with van der Waals surface area (Å²) in [6, 6.07) is 12.0. The quantitative estimate of drug-likeness (QED) is 0.583. The van der Waals surface area contributed by atoms with Crippen molar-refractivity contribution < 1.29 is 14.3 Å². The van der Waals surface area contributed by atoms with Gasteiger partial charge in [-0.25, -0.2) is 0 Å². The Hall–Kier alpha value is -2.24. The molecule has 0 fully saturated rings. The number of amides is 2. The number of aryl methyl sites for hydroxylation is 1. The molecule has 30 heavy (non-hydrogen) atoms. The van der Waals surface area contributed by atoms with Crippen LogP contribution in [0.15, 0.2) is 42.5 Å². The third kappa shape index (κ3) is 6.64. The Balaban J connectivity index is 2.19. The van der Waals surface area contributed by atoms with Crippen LogP contribution in [0.2, 0.25) is 10.0 Å². The van der Waals surface area contributed by atoms with E-state index < -0.39 is 6.04 Å². The molecule has 0 aromatic heterocycles. The second-order valence-electron chi connectivity index (χ2n) is 7.31. The Morgan fingerprint density at radius 2 is 1.83 bits per heavy atom. The molecule has 5 nitrogen and oxygen atoms in total. The van der Waals surface area contributed by atoms with Gasteiger partial charge in [0.25, 0.3) is 5.91 Å². The van der Waals surface area contributed by atoms with Crippen molar-refractivity contribution in [3.05, 3.63) is 63.6 Å². The number of nitrogens with one attached hydrogen (secondary N) is 1. The molecular weight excluding hydrogens is 423 g/mol. The fraction of sp³-hybridized carbons (Fsp3) is 0.391. The van der Waals surface area contributed by atoms with Gasteiger partial charge in [0, 0.05) is 17.6 Å². The van der Waals surface area contributed by atoms with Crippen molar-refractivity contribution in [1.82, 2.24) is 10.2 Å². The Labute approximate surface area is 188 Å². The molecule has 0 aliphatic heterocycles. The van der Waals surface area contributed by atoms with Crippen LogP contribution in [-0.4, -0.2) is 35.4 Å². The lowest BCUT2D eigenvalue weighted by Gasteiger charge is -2.30. The second kappa shape index (κ2) is 11.2. The number of halogens is 2. The highest BCUT2D eigenvalue weighted by Crippen LogP contribution is 2.27. The number of ether oxygens (including phenoxy) is 1.